The van der Waals surface area contributed by atoms with E-state index in [1.807, 2.05) is 6.92 Å². The van der Waals surface area contributed by atoms with Crippen molar-refractivity contribution in [3.8, 4) is 5.88 Å². The van der Waals surface area contributed by atoms with E-state index in [2.05, 4.69) is 5.10 Å². The van der Waals surface area contributed by atoms with Crippen LogP contribution in [0.1, 0.15) is 24.3 Å². The first-order chi connectivity index (χ1) is 6.49. The summed E-state index contributed by atoms with van der Waals surface area (Å²) in [5.41, 5.74) is 7.04. The maximum absolute atomic E-state index is 9.85. The van der Waals surface area contributed by atoms with Crippen molar-refractivity contribution in [2.24, 2.45) is 12.8 Å². The summed E-state index contributed by atoms with van der Waals surface area (Å²) in [7, 11) is 3.32. The van der Waals surface area contributed by atoms with Crippen molar-refractivity contribution in [3.63, 3.8) is 0 Å². The van der Waals surface area contributed by atoms with Gasteiger partial charge in [0.2, 0.25) is 5.88 Å². The molecule has 0 radical (unpaired) electrons. The van der Waals surface area contributed by atoms with Gasteiger partial charge in [-0.2, -0.15) is 5.10 Å². The van der Waals surface area contributed by atoms with Gasteiger partial charge < -0.3 is 15.6 Å². The number of rotatable bonds is 3. The van der Waals surface area contributed by atoms with Crippen molar-refractivity contribution < 1.29 is 9.84 Å². The van der Waals surface area contributed by atoms with Crippen molar-refractivity contribution >= 4 is 0 Å². The molecule has 0 saturated carbocycles. The van der Waals surface area contributed by atoms with Crippen LogP contribution in [0.4, 0.5) is 0 Å². The van der Waals surface area contributed by atoms with Crippen LogP contribution >= 0.6 is 0 Å². The molecule has 0 bridgehead atoms. The summed E-state index contributed by atoms with van der Waals surface area (Å²) in [6, 6.07) is -0.341. The number of aliphatic hydroxyl groups excluding tert-OH is 1. The highest BCUT2D eigenvalue weighted by Gasteiger charge is 2.23. The lowest BCUT2D eigenvalue weighted by atomic mass is 10.1. The molecule has 1 heterocycles. The summed E-state index contributed by atoms with van der Waals surface area (Å²) in [5, 5.41) is 14.0. The van der Waals surface area contributed by atoms with Gasteiger partial charge in [0.05, 0.1) is 18.4 Å². The molecule has 3 N–H and O–H groups in total. The maximum atomic E-state index is 9.85. The standard InChI is InChI=1S/C9H17N3O2/c1-5(10)8(13)7-6(2)11-12(3)9(7)14-4/h5,8,13H,10H2,1-4H3. The van der Waals surface area contributed by atoms with E-state index in [4.69, 9.17) is 10.5 Å². The summed E-state index contributed by atoms with van der Waals surface area (Å²) in [4.78, 5) is 0. The molecule has 0 saturated heterocycles. The average Bonchev–Trinajstić information content (AvgIpc) is 2.38. The van der Waals surface area contributed by atoms with Crippen LogP contribution in [0, 0.1) is 6.92 Å². The second kappa shape index (κ2) is 3.98. The third kappa shape index (κ3) is 1.73. The monoisotopic (exact) mass is 199 g/mol. The van der Waals surface area contributed by atoms with Crippen LogP contribution in [0.25, 0.3) is 0 Å². The molecule has 0 fully saturated rings. The number of hydrogen-bond donors (Lipinski definition) is 2. The molecule has 1 aromatic heterocycles. The zero-order valence-electron chi connectivity index (χ0n) is 8.98. The van der Waals surface area contributed by atoms with Crippen LogP contribution < -0.4 is 10.5 Å². The van der Waals surface area contributed by atoms with Crippen molar-refractivity contribution in [2.75, 3.05) is 7.11 Å². The minimum atomic E-state index is -0.737. The summed E-state index contributed by atoms with van der Waals surface area (Å²) in [6.45, 7) is 3.57. The van der Waals surface area contributed by atoms with E-state index in [0.717, 1.165) is 5.69 Å². The fourth-order valence-corrected chi connectivity index (χ4v) is 1.50. The molecule has 2 unspecified atom stereocenters. The molecule has 2 atom stereocenters. The van der Waals surface area contributed by atoms with Crippen LogP contribution in [-0.4, -0.2) is 28.0 Å². The predicted molar refractivity (Wildman–Crippen MR) is 53.1 cm³/mol. The summed E-state index contributed by atoms with van der Waals surface area (Å²) in [6.07, 6.45) is -0.737. The van der Waals surface area contributed by atoms with Crippen molar-refractivity contribution in [1.82, 2.24) is 9.78 Å². The third-order valence-electron chi connectivity index (χ3n) is 2.20. The topological polar surface area (TPSA) is 73.3 Å². The molecule has 0 aliphatic rings. The Balaban J connectivity index is 3.17. The molecular weight excluding hydrogens is 182 g/mol. The number of methoxy groups -OCH3 is 1. The molecule has 1 rings (SSSR count). The number of ether oxygens (including phenoxy) is 1. The van der Waals surface area contributed by atoms with Crippen LogP contribution in [-0.2, 0) is 7.05 Å². The van der Waals surface area contributed by atoms with Gasteiger partial charge in [0.25, 0.3) is 0 Å². The molecular formula is C9H17N3O2. The smallest absolute Gasteiger partial charge is 0.217 e. The van der Waals surface area contributed by atoms with Gasteiger partial charge in [-0.3, -0.25) is 0 Å². The van der Waals surface area contributed by atoms with E-state index in [1.54, 1.807) is 25.8 Å². The Kier molecular flexibility index (Phi) is 3.13. The lowest BCUT2D eigenvalue weighted by Crippen LogP contribution is -2.25. The predicted octanol–water partition coefficient (Wildman–Crippen LogP) is 0.118. The molecule has 0 spiro atoms. The third-order valence-corrected chi connectivity index (χ3v) is 2.20. The molecule has 0 aromatic carbocycles. The highest BCUT2D eigenvalue weighted by Crippen LogP contribution is 2.28. The molecule has 1 aromatic rings. The maximum Gasteiger partial charge on any atom is 0.217 e. The van der Waals surface area contributed by atoms with E-state index in [9.17, 15) is 5.11 Å². The molecule has 0 aliphatic carbocycles. The highest BCUT2D eigenvalue weighted by molar-refractivity contribution is 5.33. The normalized spacial score (nSPS) is 15.3. The highest BCUT2D eigenvalue weighted by atomic mass is 16.5. The Hall–Kier alpha value is -1.07. The molecule has 0 aliphatic heterocycles. The van der Waals surface area contributed by atoms with Gasteiger partial charge in [-0.25, -0.2) is 4.68 Å². The van der Waals surface area contributed by atoms with Gasteiger partial charge in [0.1, 0.15) is 6.10 Å². The van der Waals surface area contributed by atoms with E-state index in [1.165, 1.54) is 0 Å². The second-order valence-corrected chi connectivity index (χ2v) is 3.44. The van der Waals surface area contributed by atoms with Gasteiger partial charge >= 0.3 is 0 Å². The number of aryl methyl sites for hydroxylation is 2. The Morgan fingerprint density at radius 1 is 1.57 bits per heavy atom. The van der Waals surface area contributed by atoms with Gasteiger partial charge in [0, 0.05) is 13.1 Å². The number of nitrogens with zero attached hydrogens (tertiary/aromatic N) is 2. The zero-order valence-corrected chi connectivity index (χ0v) is 8.98. The van der Waals surface area contributed by atoms with Crippen LogP contribution in [0.3, 0.4) is 0 Å². The second-order valence-electron chi connectivity index (χ2n) is 3.44. The zero-order chi connectivity index (χ0) is 10.9. The minimum Gasteiger partial charge on any atom is -0.481 e. The summed E-state index contributed by atoms with van der Waals surface area (Å²) in [5.74, 6) is 0.562. The fraction of sp³-hybridized carbons (Fsp3) is 0.667. The lowest BCUT2D eigenvalue weighted by molar-refractivity contribution is 0.148. The van der Waals surface area contributed by atoms with Crippen molar-refractivity contribution in [3.05, 3.63) is 11.3 Å². The van der Waals surface area contributed by atoms with Crippen LogP contribution in [0.5, 0.6) is 5.88 Å². The number of hydrogen-bond acceptors (Lipinski definition) is 4. The van der Waals surface area contributed by atoms with Gasteiger partial charge in [-0.05, 0) is 13.8 Å². The fourth-order valence-electron chi connectivity index (χ4n) is 1.50. The molecule has 14 heavy (non-hydrogen) atoms. The van der Waals surface area contributed by atoms with E-state index in [-0.39, 0.29) is 6.04 Å². The number of nitrogens with two attached hydrogens (primary N) is 1. The van der Waals surface area contributed by atoms with E-state index >= 15 is 0 Å². The molecule has 80 valence electrons. The first kappa shape index (κ1) is 11.0. The Labute approximate surface area is 83.5 Å². The molecule has 0 amide bonds. The SMILES string of the molecule is COc1c(C(O)C(C)N)c(C)nn1C. The van der Waals surface area contributed by atoms with Crippen molar-refractivity contribution in [1.29, 1.82) is 0 Å². The largest absolute Gasteiger partial charge is 0.481 e. The van der Waals surface area contributed by atoms with E-state index < -0.39 is 6.10 Å². The van der Waals surface area contributed by atoms with Gasteiger partial charge in [-0.1, -0.05) is 0 Å². The van der Waals surface area contributed by atoms with Crippen molar-refractivity contribution in [2.45, 2.75) is 26.0 Å². The summed E-state index contributed by atoms with van der Waals surface area (Å²) < 4.78 is 6.75. The van der Waals surface area contributed by atoms with E-state index in [0.29, 0.717) is 11.4 Å². The lowest BCUT2D eigenvalue weighted by Gasteiger charge is -2.15. The van der Waals surface area contributed by atoms with Crippen LogP contribution in [0.15, 0.2) is 0 Å². The Bertz CT molecular complexity index is 320. The molecule has 5 heteroatoms. The first-order valence-corrected chi connectivity index (χ1v) is 4.50. The quantitative estimate of drug-likeness (QED) is 0.725. The van der Waals surface area contributed by atoms with Gasteiger partial charge in [0.15, 0.2) is 0 Å². The average molecular weight is 199 g/mol. The van der Waals surface area contributed by atoms with Gasteiger partial charge in [-0.15, -0.1) is 0 Å². The molecule has 5 nitrogen and oxygen atoms in total. The summed E-state index contributed by atoms with van der Waals surface area (Å²) >= 11 is 0. The van der Waals surface area contributed by atoms with Crippen LogP contribution in [0.2, 0.25) is 0 Å². The Morgan fingerprint density at radius 3 is 2.57 bits per heavy atom. The minimum absolute atomic E-state index is 0.341. The number of aliphatic hydroxyl groups is 1. The Morgan fingerprint density at radius 2 is 2.14 bits per heavy atom. The number of aromatic nitrogens is 2. The first-order valence-electron chi connectivity index (χ1n) is 4.50.